The van der Waals surface area contributed by atoms with Crippen molar-refractivity contribution in [3.63, 3.8) is 0 Å². The summed E-state index contributed by atoms with van der Waals surface area (Å²) in [6, 6.07) is 65.0. The Hall–Kier alpha value is -6.58. The average Bonchev–Trinajstić information content (AvgIpc) is 3.71. The summed E-state index contributed by atoms with van der Waals surface area (Å²) in [7, 11) is 0. The summed E-state index contributed by atoms with van der Waals surface area (Å²) in [6.07, 6.45) is 0. The molecule has 0 fully saturated rings. The fourth-order valence-electron chi connectivity index (χ4n) is 7.53. The van der Waals surface area contributed by atoms with E-state index in [1.165, 1.54) is 38.2 Å². The van der Waals surface area contributed by atoms with Gasteiger partial charge in [0.25, 0.3) is 0 Å². The standard InChI is InChI=1S/C46H30N2O/c1-3-12-31(13-4-1)33-15-11-18-35(28-33)47(37-23-25-40-39-20-9-10-21-44(39)49-45(40)30-37)36-24-26-41-43(29-36)48(34-16-5-2-6-17-34)42-27-22-32-14-7-8-19-38(32)46(41)42/h1-30H. The first kappa shape index (κ1) is 27.5. The van der Waals surface area contributed by atoms with Crippen molar-refractivity contribution in [2.45, 2.75) is 0 Å². The van der Waals surface area contributed by atoms with E-state index in [1.54, 1.807) is 0 Å². The van der Waals surface area contributed by atoms with E-state index in [0.717, 1.165) is 50.2 Å². The SMILES string of the molecule is c1ccc(-c2cccc(N(c3ccc4c(c3)oc3ccccc34)c3ccc4c5c6ccccc6ccc5n(-c5ccccc5)c4c3)c2)cc1. The van der Waals surface area contributed by atoms with Gasteiger partial charge in [0, 0.05) is 50.4 Å². The van der Waals surface area contributed by atoms with Gasteiger partial charge in [-0.05, 0) is 82.6 Å². The molecule has 0 aliphatic rings. The smallest absolute Gasteiger partial charge is 0.137 e. The lowest BCUT2D eigenvalue weighted by Crippen LogP contribution is -2.10. The van der Waals surface area contributed by atoms with E-state index in [0.29, 0.717) is 0 Å². The maximum Gasteiger partial charge on any atom is 0.137 e. The summed E-state index contributed by atoms with van der Waals surface area (Å²) < 4.78 is 8.81. The Bertz CT molecular complexity index is 2830. The minimum atomic E-state index is 0.869. The highest BCUT2D eigenvalue weighted by atomic mass is 16.3. The number of hydrogen-bond donors (Lipinski definition) is 0. The van der Waals surface area contributed by atoms with Gasteiger partial charge in [0.15, 0.2) is 0 Å². The Morgan fingerprint density at radius 2 is 1.04 bits per heavy atom. The number of para-hydroxylation sites is 2. The van der Waals surface area contributed by atoms with Crippen molar-refractivity contribution in [1.29, 1.82) is 0 Å². The predicted octanol–water partition coefficient (Wildman–Crippen LogP) is 13.0. The van der Waals surface area contributed by atoms with Crippen LogP contribution in [0.2, 0.25) is 0 Å². The molecule has 0 unspecified atom stereocenters. The van der Waals surface area contributed by atoms with Crippen LogP contribution in [0, 0.1) is 0 Å². The molecule has 0 radical (unpaired) electrons. The van der Waals surface area contributed by atoms with E-state index >= 15 is 0 Å². The van der Waals surface area contributed by atoms with Gasteiger partial charge in [-0.25, -0.2) is 0 Å². The van der Waals surface area contributed by atoms with Crippen LogP contribution in [0.3, 0.4) is 0 Å². The lowest BCUT2D eigenvalue weighted by atomic mass is 10.0. The van der Waals surface area contributed by atoms with Gasteiger partial charge in [-0.1, -0.05) is 115 Å². The summed E-state index contributed by atoms with van der Waals surface area (Å²) in [5, 5.41) is 7.24. The Morgan fingerprint density at radius 1 is 0.388 bits per heavy atom. The second-order valence-electron chi connectivity index (χ2n) is 12.6. The Morgan fingerprint density at radius 3 is 1.90 bits per heavy atom. The molecule has 0 aliphatic carbocycles. The number of hydrogen-bond acceptors (Lipinski definition) is 2. The highest BCUT2D eigenvalue weighted by Crippen LogP contribution is 2.43. The topological polar surface area (TPSA) is 21.3 Å². The van der Waals surface area contributed by atoms with Crippen molar-refractivity contribution in [3.8, 4) is 16.8 Å². The van der Waals surface area contributed by atoms with E-state index in [4.69, 9.17) is 4.42 Å². The molecule has 0 amide bonds. The van der Waals surface area contributed by atoms with Gasteiger partial charge in [-0.15, -0.1) is 0 Å². The van der Waals surface area contributed by atoms with Crippen LogP contribution in [0.15, 0.2) is 186 Å². The summed E-state index contributed by atoms with van der Waals surface area (Å²) in [4.78, 5) is 2.35. The third-order valence-corrected chi connectivity index (χ3v) is 9.74. The third kappa shape index (κ3) is 4.44. The normalized spacial score (nSPS) is 11.7. The molecule has 2 heterocycles. The minimum absolute atomic E-state index is 0.869. The molecule has 0 saturated heterocycles. The van der Waals surface area contributed by atoms with Gasteiger partial charge in [-0.2, -0.15) is 0 Å². The maximum atomic E-state index is 6.41. The van der Waals surface area contributed by atoms with Crippen molar-refractivity contribution in [2.75, 3.05) is 4.90 Å². The van der Waals surface area contributed by atoms with Crippen molar-refractivity contribution >= 4 is 71.6 Å². The summed E-state index contributed by atoms with van der Waals surface area (Å²) in [5.41, 5.74) is 10.8. The van der Waals surface area contributed by atoms with Crippen molar-refractivity contribution in [3.05, 3.63) is 182 Å². The number of nitrogens with zero attached hydrogens (tertiary/aromatic N) is 2. The second-order valence-corrected chi connectivity index (χ2v) is 12.6. The first-order valence-electron chi connectivity index (χ1n) is 16.7. The molecular weight excluding hydrogens is 597 g/mol. The summed E-state index contributed by atoms with van der Waals surface area (Å²) in [6.45, 7) is 0. The van der Waals surface area contributed by atoms with Crippen LogP contribution in [0.25, 0.3) is 71.3 Å². The molecule has 8 aromatic carbocycles. The Kier molecular flexibility index (Phi) is 6.18. The molecule has 0 atom stereocenters. The van der Waals surface area contributed by atoms with Crippen LogP contribution in [0.4, 0.5) is 17.1 Å². The minimum Gasteiger partial charge on any atom is -0.456 e. The number of aromatic nitrogens is 1. The number of furan rings is 1. The van der Waals surface area contributed by atoms with E-state index in [9.17, 15) is 0 Å². The molecule has 2 aromatic heterocycles. The molecule has 10 rings (SSSR count). The van der Waals surface area contributed by atoms with Crippen LogP contribution in [0.1, 0.15) is 0 Å². The number of fused-ring (bicyclic) bond motifs is 8. The van der Waals surface area contributed by atoms with Crippen LogP contribution in [-0.2, 0) is 0 Å². The van der Waals surface area contributed by atoms with E-state index < -0.39 is 0 Å². The van der Waals surface area contributed by atoms with Crippen molar-refractivity contribution in [1.82, 2.24) is 4.57 Å². The first-order chi connectivity index (χ1) is 24.3. The van der Waals surface area contributed by atoms with Gasteiger partial charge >= 0.3 is 0 Å². The number of benzene rings is 8. The zero-order valence-electron chi connectivity index (χ0n) is 26.6. The maximum absolute atomic E-state index is 6.41. The molecule has 0 aliphatic heterocycles. The third-order valence-electron chi connectivity index (χ3n) is 9.74. The second kappa shape index (κ2) is 11.0. The van der Waals surface area contributed by atoms with Gasteiger partial charge < -0.3 is 13.9 Å². The zero-order chi connectivity index (χ0) is 32.3. The highest BCUT2D eigenvalue weighted by molar-refractivity contribution is 6.21. The molecule has 0 spiro atoms. The molecule has 49 heavy (non-hydrogen) atoms. The van der Waals surface area contributed by atoms with Gasteiger partial charge in [0.05, 0.1) is 11.0 Å². The molecule has 3 nitrogen and oxygen atoms in total. The molecule has 10 aromatic rings. The van der Waals surface area contributed by atoms with Crippen LogP contribution < -0.4 is 4.90 Å². The molecule has 230 valence electrons. The van der Waals surface area contributed by atoms with Crippen LogP contribution >= 0.6 is 0 Å². The Labute approximate surface area is 283 Å². The largest absolute Gasteiger partial charge is 0.456 e. The van der Waals surface area contributed by atoms with Gasteiger partial charge in [-0.3, -0.25) is 0 Å². The molecule has 0 bridgehead atoms. The molecule has 3 heteroatoms. The Balaban J connectivity index is 1.25. The quantitative estimate of drug-likeness (QED) is 0.190. The van der Waals surface area contributed by atoms with Gasteiger partial charge in [0.1, 0.15) is 11.2 Å². The monoisotopic (exact) mass is 626 g/mol. The highest BCUT2D eigenvalue weighted by Gasteiger charge is 2.20. The van der Waals surface area contributed by atoms with Crippen molar-refractivity contribution < 1.29 is 4.42 Å². The average molecular weight is 627 g/mol. The van der Waals surface area contributed by atoms with Crippen LogP contribution in [-0.4, -0.2) is 4.57 Å². The van der Waals surface area contributed by atoms with E-state index in [2.05, 4.69) is 179 Å². The zero-order valence-corrected chi connectivity index (χ0v) is 26.6. The lowest BCUT2D eigenvalue weighted by molar-refractivity contribution is 0.669. The number of rotatable bonds is 5. The fraction of sp³-hybridized carbons (Fsp3) is 0. The van der Waals surface area contributed by atoms with Gasteiger partial charge in [0.2, 0.25) is 0 Å². The van der Waals surface area contributed by atoms with E-state index in [1.807, 2.05) is 12.1 Å². The summed E-state index contributed by atoms with van der Waals surface area (Å²) >= 11 is 0. The van der Waals surface area contributed by atoms with Crippen molar-refractivity contribution in [2.24, 2.45) is 0 Å². The molecule has 0 N–H and O–H groups in total. The summed E-state index contributed by atoms with van der Waals surface area (Å²) in [5.74, 6) is 0. The van der Waals surface area contributed by atoms with Crippen LogP contribution in [0.5, 0.6) is 0 Å². The first-order valence-corrected chi connectivity index (χ1v) is 16.7. The fourth-order valence-corrected chi connectivity index (χ4v) is 7.53. The molecular formula is C46H30N2O. The predicted molar refractivity (Wildman–Crippen MR) is 206 cm³/mol. The number of anilines is 3. The van der Waals surface area contributed by atoms with E-state index in [-0.39, 0.29) is 0 Å². The lowest BCUT2D eigenvalue weighted by Gasteiger charge is -2.26. The molecule has 0 saturated carbocycles.